The fourth-order valence-corrected chi connectivity index (χ4v) is 20.5. The number of rotatable bonds is 18. The van der Waals surface area contributed by atoms with Gasteiger partial charge in [0.15, 0.2) is 12.7 Å². The van der Waals surface area contributed by atoms with E-state index in [1.807, 2.05) is 60.9 Å². The number of pyridine rings is 2. The summed E-state index contributed by atoms with van der Waals surface area (Å²) in [4.78, 5) is 18.8. The third-order valence-corrected chi connectivity index (χ3v) is 27.9. The molecule has 7 aromatic heterocycles. The summed E-state index contributed by atoms with van der Waals surface area (Å²) in [6.45, 7) is 59.1. The summed E-state index contributed by atoms with van der Waals surface area (Å²) >= 11 is 0. The molecule has 0 amide bonds. The van der Waals surface area contributed by atoms with Crippen molar-refractivity contribution in [2.45, 2.75) is 256 Å². The van der Waals surface area contributed by atoms with E-state index < -0.39 is 0 Å². The smallest absolute Gasteiger partial charge is 0.269 e. The van der Waals surface area contributed by atoms with E-state index in [1.165, 1.54) is 145 Å². The van der Waals surface area contributed by atoms with Crippen LogP contribution in [0, 0.1) is 19.0 Å². The molecule has 0 unspecified atom stereocenters. The SMILES string of the molecule is CC(C)c1cccc(C(C)C)c1-n1[c-][n+](-c2c(C(C)C)cccc2C(C)C)c2ccccc21.CC(C)c1cccc(C(C)C)c1-n1[c-][n+](-c2c(C(C)C)cccc2C(C)C)c2ncccc21.CC(C)c1cccc(C(C)C)c1-n1[c-][n+](-c2c(C(C)C)cccc2C(C)C)c2ncccc21.CC1(C)c2ccccc2[N-]c2ccccc21.[Ag].[Au].[Au].c1ccc2c(c1)[n-]c1ccccc12.c1ccc2c(c1)[n-]c1ccccc12. The topological polar surface area (TPSA) is 94.5 Å². The number of aromatic nitrogens is 10. The Hall–Kier alpha value is -11.8. The molecule has 0 fully saturated rings. The Kier molecular flexibility index (Phi) is 36.2. The van der Waals surface area contributed by atoms with E-state index in [1.54, 1.807) is 0 Å². The van der Waals surface area contributed by atoms with E-state index in [0.29, 0.717) is 71.0 Å². The van der Waals surface area contributed by atoms with Crippen molar-refractivity contribution in [1.29, 1.82) is 0 Å². The molecule has 753 valence electrons. The molecule has 0 saturated heterocycles. The van der Waals surface area contributed by atoms with E-state index in [0.717, 1.165) is 55.8 Å². The Morgan fingerprint density at radius 2 is 0.465 bits per heavy atom. The Morgan fingerprint density at radius 1 is 0.243 bits per heavy atom. The molecular formula is C130H142AgAu2N11-3. The molecule has 21 rings (SSSR count). The van der Waals surface area contributed by atoms with Gasteiger partial charge in [-0.05, 0) is 171 Å². The number of benzene rings is 13. The van der Waals surface area contributed by atoms with Crippen molar-refractivity contribution in [3.63, 3.8) is 0 Å². The van der Waals surface area contributed by atoms with Gasteiger partial charge in [-0.25, -0.2) is 0 Å². The van der Waals surface area contributed by atoms with Crippen molar-refractivity contribution in [2.75, 3.05) is 0 Å². The van der Waals surface area contributed by atoms with Crippen molar-refractivity contribution >= 4 is 88.3 Å². The fourth-order valence-electron chi connectivity index (χ4n) is 20.5. The Balaban J connectivity index is 0.000000150. The molecule has 14 heteroatoms. The maximum absolute atomic E-state index is 4.86. The first-order valence-corrected chi connectivity index (χ1v) is 51.3. The minimum atomic E-state index is 0. The number of nitrogens with zero attached hydrogens (tertiary/aromatic N) is 11. The Bertz CT molecular complexity index is 6630. The molecule has 11 nitrogen and oxygen atoms in total. The second kappa shape index (κ2) is 47.6. The summed E-state index contributed by atoms with van der Waals surface area (Å²) in [5.74, 6) is 4.93. The van der Waals surface area contributed by atoms with Crippen LogP contribution in [0.1, 0.15) is 329 Å². The van der Waals surface area contributed by atoms with Crippen LogP contribution in [0.5, 0.6) is 0 Å². The zero-order valence-electron chi connectivity index (χ0n) is 88.8. The van der Waals surface area contributed by atoms with Gasteiger partial charge < -0.3 is 24.4 Å². The van der Waals surface area contributed by atoms with Crippen LogP contribution in [0.25, 0.3) is 116 Å². The second-order valence-corrected chi connectivity index (χ2v) is 42.1. The molecule has 1 aliphatic heterocycles. The zero-order valence-corrected chi connectivity index (χ0v) is 94.6. The number of hydrogen-bond acceptors (Lipinski definition) is 2. The molecule has 0 atom stereocenters. The summed E-state index contributed by atoms with van der Waals surface area (Å²) in [7, 11) is 0. The summed E-state index contributed by atoms with van der Waals surface area (Å²) in [6, 6.07) is 107. The molecule has 1 aliphatic rings. The van der Waals surface area contributed by atoms with Gasteiger partial charge in [0.05, 0.1) is 45.8 Å². The molecule has 8 heterocycles. The molecule has 3 radical (unpaired) electrons. The number of hydrogen-bond donors (Lipinski definition) is 0. The van der Waals surface area contributed by atoms with Crippen LogP contribution in [-0.2, 0) is 72.6 Å². The van der Waals surface area contributed by atoms with Crippen molar-refractivity contribution in [3.8, 4) is 34.1 Å². The van der Waals surface area contributed by atoms with Crippen LogP contribution in [-0.4, -0.2) is 23.7 Å². The maximum Gasteiger partial charge on any atom is 0.269 e. The van der Waals surface area contributed by atoms with Crippen LogP contribution in [0.3, 0.4) is 0 Å². The Labute approximate surface area is 903 Å². The monoisotopic (exact) mass is 2360 g/mol. The van der Waals surface area contributed by atoms with Gasteiger partial charge in [-0.15, -0.1) is 33.4 Å². The molecule has 0 spiro atoms. The van der Waals surface area contributed by atoms with E-state index >= 15 is 0 Å². The van der Waals surface area contributed by atoms with Gasteiger partial charge in [0.2, 0.25) is 11.3 Å². The van der Waals surface area contributed by atoms with Crippen LogP contribution < -0.4 is 23.7 Å². The summed E-state index contributed by atoms with van der Waals surface area (Å²) in [5.41, 5.74) is 39.3. The summed E-state index contributed by atoms with van der Waals surface area (Å²) in [5, 5.41) is 9.70. The van der Waals surface area contributed by atoms with E-state index in [9.17, 15) is 0 Å². The van der Waals surface area contributed by atoms with E-state index in [4.69, 9.17) is 15.3 Å². The molecule has 20 aromatic rings. The van der Waals surface area contributed by atoms with E-state index in [2.05, 4.69) is 491 Å². The van der Waals surface area contributed by atoms with Gasteiger partial charge in [-0.3, -0.25) is 18.3 Å². The van der Waals surface area contributed by atoms with Crippen molar-refractivity contribution in [2.24, 2.45) is 0 Å². The molecular weight excluding hydrogens is 2220 g/mol. The first kappa shape index (κ1) is 109. The minimum Gasteiger partial charge on any atom is -0.657 e. The van der Waals surface area contributed by atoms with Gasteiger partial charge in [0, 0.05) is 95.3 Å². The van der Waals surface area contributed by atoms with Crippen molar-refractivity contribution < 1.29 is 80.8 Å². The first-order chi connectivity index (χ1) is 67.7. The quantitative estimate of drug-likeness (QED) is 0.0486. The second-order valence-electron chi connectivity index (χ2n) is 42.1. The molecule has 144 heavy (non-hydrogen) atoms. The first-order valence-electron chi connectivity index (χ1n) is 51.3. The van der Waals surface area contributed by atoms with Crippen LogP contribution in [0.15, 0.2) is 316 Å². The molecule has 0 bridgehead atoms. The number of para-hydroxylation sites is 14. The average molecular weight is 2360 g/mol. The standard InChI is InChI=1S/C31H38N2.2C30H37N3.C15H14N.2C12H8N.Ag.2Au/c1-20(2)24-13-11-14-25(21(3)4)30(24)32-19-33(29-18-10-9-17-28(29)32)31-26(22(5)6)15-12-16-27(31)23(7)8;2*1-19(2)23-12-9-13-24(20(3)4)28(23)32-18-33(30-27(32)16-11-17-31-30)29-25(21(5)6)14-10-15-26(29)22(7)8;1-15(2)11-7-3-5-9-13(11)16-14-10-6-4-8-12(14)15;2*1-3-7-11-9(5-1)10-6-2-4-8-12(10)13-11;;;/h9-18,20-23H,1-8H3;2*9-17,19-22H,1-8H3;3-10H,1-2H3;2*1-8H;;;/q;;;3*-1;;;. The summed E-state index contributed by atoms with van der Waals surface area (Å²) in [6.07, 6.45) is 15.2. The molecule has 0 N–H and O–H groups in total. The number of fused-ring (bicyclic) bond motifs is 11. The van der Waals surface area contributed by atoms with Crippen LogP contribution >= 0.6 is 0 Å². The molecule has 13 aromatic carbocycles. The molecule has 0 aliphatic carbocycles. The van der Waals surface area contributed by atoms with Gasteiger partial charge in [-0.2, -0.15) is 9.97 Å². The minimum absolute atomic E-state index is 0. The maximum atomic E-state index is 4.86. The van der Waals surface area contributed by atoms with Gasteiger partial charge in [0.1, 0.15) is 0 Å². The molecule has 0 saturated carbocycles. The predicted molar refractivity (Wildman–Crippen MR) is 593 cm³/mol. The fraction of sp³-hybridized carbons (Fsp3) is 0.300. The normalized spacial score (nSPS) is 12.1. The number of imidazole rings is 3. The van der Waals surface area contributed by atoms with Crippen LogP contribution in [0.4, 0.5) is 11.4 Å². The predicted octanol–water partition coefficient (Wildman–Crippen LogP) is 33.9. The largest absolute Gasteiger partial charge is 0.657 e. The van der Waals surface area contributed by atoms with Gasteiger partial charge in [-0.1, -0.05) is 482 Å². The van der Waals surface area contributed by atoms with E-state index in [-0.39, 0.29) is 72.6 Å². The Morgan fingerprint density at radius 3 is 0.750 bits per heavy atom. The third-order valence-electron chi connectivity index (χ3n) is 27.9. The van der Waals surface area contributed by atoms with Crippen molar-refractivity contribution in [1.82, 2.24) is 33.6 Å². The van der Waals surface area contributed by atoms with Crippen molar-refractivity contribution in [3.05, 3.63) is 418 Å². The van der Waals surface area contributed by atoms with Gasteiger partial charge in [0.25, 0.3) is 6.33 Å². The van der Waals surface area contributed by atoms with Gasteiger partial charge >= 0.3 is 0 Å². The zero-order chi connectivity index (χ0) is 100. The average Bonchev–Trinajstić information content (AvgIpc) is 1.54. The third kappa shape index (κ3) is 22.4. The van der Waals surface area contributed by atoms with Crippen LogP contribution in [0.2, 0.25) is 0 Å². The summed E-state index contributed by atoms with van der Waals surface area (Å²) < 4.78 is 13.6.